The number of rotatable bonds is 5. The van der Waals surface area contributed by atoms with E-state index in [1.54, 1.807) is 7.11 Å². The lowest BCUT2D eigenvalue weighted by atomic mass is 9.87. The van der Waals surface area contributed by atoms with Gasteiger partial charge < -0.3 is 19.4 Å². The van der Waals surface area contributed by atoms with Crippen LogP contribution in [-0.4, -0.2) is 35.5 Å². The van der Waals surface area contributed by atoms with Crippen LogP contribution in [0.25, 0.3) is 10.9 Å². The first kappa shape index (κ1) is 21.7. The molecule has 1 aromatic heterocycles. The average Bonchev–Trinajstić information content (AvgIpc) is 3.21. The zero-order valence-electron chi connectivity index (χ0n) is 18.8. The molecule has 2 heterocycles. The van der Waals surface area contributed by atoms with E-state index in [0.717, 1.165) is 41.6 Å². The zero-order chi connectivity index (χ0) is 22.9. The monoisotopic (exact) mass is 462 g/mol. The van der Waals surface area contributed by atoms with Crippen molar-refractivity contribution in [3.8, 4) is 5.75 Å². The third-order valence-electron chi connectivity index (χ3n) is 6.53. The van der Waals surface area contributed by atoms with E-state index in [9.17, 15) is 4.79 Å². The van der Waals surface area contributed by atoms with Crippen molar-refractivity contribution in [3.05, 3.63) is 88.3 Å². The lowest BCUT2D eigenvalue weighted by molar-refractivity contribution is -0.140. The molecule has 2 aromatic carbocycles. The summed E-state index contributed by atoms with van der Waals surface area (Å²) in [6.45, 7) is 2.45. The van der Waals surface area contributed by atoms with Crippen LogP contribution in [0.1, 0.15) is 37.1 Å². The number of fused-ring (bicyclic) bond motifs is 3. The number of aromatic nitrogens is 1. The molecule has 170 valence electrons. The minimum absolute atomic E-state index is 0.0198. The predicted octanol–water partition coefficient (Wildman–Crippen LogP) is 5.97. The first-order valence-corrected chi connectivity index (χ1v) is 11.7. The van der Waals surface area contributed by atoms with Crippen LogP contribution >= 0.6 is 11.6 Å². The molecule has 1 N–H and O–H groups in total. The van der Waals surface area contributed by atoms with E-state index in [1.165, 1.54) is 11.1 Å². The fraction of sp³-hybridized carbons (Fsp3) is 0.296. The number of methoxy groups -OCH3 is 1. The summed E-state index contributed by atoms with van der Waals surface area (Å²) in [5.41, 5.74) is 4.54. The number of benzene rings is 2. The molecule has 1 aliphatic carbocycles. The van der Waals surface area contributed by atoms with Crippen molar-refractivity contribution < 1.29 is 14.3 Å². The normalized spacial score (nSPS) is 18.9. The molecule has 2 aliphatic rings. The number of allylic oxidation sites excluding steroid dienone is 3. The molecule has 0 fully saturated rings. The number of nitrogens with one attached hydrogen (secondary N) is 1. The lowest BCUT2D eigenvalue weighted by Crippen LogP contribution is -2.46. The third-order valence-corrected chi connectivity index (χ3v) is 6.77. The first-order valence-electron chi connectivity index (χ1n) is 11.3. The topological polar surface area (TPSA) is 54.6 Å². The Bertz CT molecular complexity index is 1240. The highest BCUT2D eigenvalue weighted by Crippen LogP contribution is 2.42. The summed E-state index contributed by atoms with van der Waals surface area (Å²) < 4.78 is 11.4. The van der Waals surface area contributed by atoms with Gasteiger partial charge in [0.1, 0.15) is 5.75 Å². The highest BCUT2D eigenvalue weighted by Gasteiger charge is 2.38. The first-order chi connectivity index (χ1) is 16.0. The van der Waals surface area contributed by atoms with E-state index < -0.39 is 6.10 Å². The molecular weight excluding hydrogens is 436 g/mol. The number of nitrogens with zero attached hydrogens (tertiary/aromatic N) is 1. The Morgan fingerprint density at radius 2 is 1.94 bits per heavy atom. The van der Waals surface area contributed by atoms with Gasteiger partial charge in [0.05, 0.1) is 18.9 Å². The van der Waals surface area contributed by atoms with Gasteiger partial charge in [-0.2, -0.15) is 0 Å². The van der Waals surface area contributed by atoms with Gasteiger partial charge in [0.25, 0.3) is 5.91 Å². The number of aromatic amines is 1. The molecule has 5 rings (SSSR count). The molecular formula is C27H27ClN2O3. The fourth-order valence-corrected chi connectivity index (χ4v) is 5.08. The molecule has 2 atom stereocenters. The van der Waals surface area contributed by atoms with Crippen LogP contribution in [0.5, 0.6) is 5.75 Å². The summed E-state index contributed by atoms with van der Waals surface area (Å²) in [6, 6.07) is 15.2. The summed E-state index contributed by atoms with van der Waals surface area (Å²) in [5.74, 6) is 1.63. The Labute approximate surface area is 198 Å². The number of carbonyl (C=O) groups excluding carboxylic acids is 1. The maximum atomic E-state index is 13.7. The fourth-order valence-electron chi connectivity index (χ4n) is 4.90. The maximum absolute atomic E-state index is 13.7. The van der Waals surface area contributed by atoms with Gasteiger partial charge in [-0.1, -0.05) is 35.9 Å². The second kappa shape index (κ2) is 8.99. The SMILES string of the molecule is COC1=CC=C(C2c3[nH]c4ccc(Cl)cc4c3CCN2C(=O)C(C)Oc2ccccc2)CC1. The second-order valence-corrected chi connectivity index (χ2v) is 8.98. The van der Waals surface area contributed by atoms with Gasteiger partial charge in [-0.15, -0.1) is 0 Å². The summed E-state index contributed by atoms with van der Waals surface area (Å²) in [7, 11) is 1.70. The Hall–Kier alpha value is -3.18. The Morgan fingerprint density at radius 3 is 2.67 bits per heavy atom. The Balaban J connectivity index is 1.53. The van der Waals surface area contributed by atoms with Crippen molar-refractivity contribution in [1.29, 1.82) is 0 Å². The minimum Gasteiger partial charge on any atom is -0.501 e. The molecule has 1 aliphatic heterocycles. The van der Waals surface area contributed by atoms with Gasteiger partial charge in [0, 0.05) is 34.6 Å². The van der Waals surface area contributed by atoms with Crippen LogP contribution in [0, 0.1) is 0 Å². The third kappa shape index (κ3) is 4.13. The number of carbonyl (C=O) groups is 1. The second-order valence-electron chi connectivity index (χ2n) is 8.54. The van der Waals surface area contributed by atoms with Crippen LogP contribution < -0.4 is 4.74 Å². The highest BCUT2D eigenvalue weighted by atomic mass is 35.5. The Kier molecular flexibility index (Phi) is 5.90. The van der Waals surface area contributed by atoms with Crippen molar-refractivity contribution in [2.75, 3.05) is 13.7 Å². The molecule has 33 heavy (non-hydrogen) atoms. The molecule has 3 aromatic rings. The molecule has 0 spiro atoms. The standard InChI is InChI=1S/C27H27ClN2O3/c1-17(33-21-6-4-3-5-7-21)27(31)30-15-14-22-23-16-19(28)10-13-24(23)29-25(22)26(30)18-8-11-20(32-2)12-9-18/h3-8,10-11,13,16-17,26,29H,9,12,14-15H2,1-2H3. The van der Waals surface area contributed by atoms with Crippen LogP contribution in [0.2, 0.25) is 5.02 Å². The highest BCUT2D eigenvalue weighted by molar-refractivity contribution is 6.31. The van der Waals surface area contributed by atoms with Crippen LogP contribution in [-0.2, 0) is 16.0 Å². The Morgan fingerprint density at radius 1 is 1.12 bits per heavy atom. The van der Waals surface area contributed by atoms with Crippen LogP contribution in [0.3, 0.4) is 0 Å². The number of hydrogen-bond donors (Lipinski definition) is 1. The van der Waals surface area contributed by atoms with E-state index in [4.69, 9.17) is 21.1 Å². The molecule has 6 heteroatoms. The van der Waals surface area contributed by atoms with Gasteiger partial charge >= 0.3 is 0 Å². The minimum atomic E-state index is -0.593. The van der Waals surface area contributed by atoms with Crippen LogP contribution in [0.4, 0.5) is 0 Å². The van der Waals surface area contributed by atoms with Gasteiger partial charge in [-0.3, -0.25) is 4.79 Å². The van der Waals surface area contributed by atoms with Gasteiger partial charge in [-0.05, 0) is 67.3 Å². The molecule has 0 radical (unpaired) electrons. The zero-order valence-corrected chi connectivity index (χ0v) is 19.6. The van der Waals surface area contributed by atoms with E-state index >= 15 is 0 Å². The molecule has 1 amide bonds. The van der Waals surface area contributed by atoms with Gasteiger partial charge in [0.15, 0.2) is 6.10 Å². The summed E-state index contributed by atoms with van der Waals surface area (Å²) in [4.78, 5) is 19.2. The smallest absolute Gasteiger partial charge is 0.264 e. The van der Waals surface area contributed by atoms with Crippen LogP contribution in [0.15, 0.2) is 72.0 Å². The number of halogens is 1. The molecule has 0 bridgehead atoms. The number of para-hydroxylation sites is 1. The van der Waals surface area contributed by atoms with E-state index in [0.29, 0.717) is 17.3 Å². The van der Waals surface area contributed by atoms with E-state index in [1.807, 2.05) is 66.4 Å². The summed E-state index contributed by atoms with van der Waals surface area (Å²) >= 11 is 6.30. The quantitative estimate of drug-likeness (QED) is 0.508. The van der Waals surface area contributed by atoms with Gasteiger partial charge in [0.2, 0.25) is 0 Å². The predicted molar refractivity (Wildman–Crippen MR) is 130 cm³/mol. The maximum Gasteiger partial charge on any atom is 0.264 e. The molecule has 0 saturated heterocycles. The van der Waals surface area contributed by atoms with E-state index in [2.05, 4.69) is 11.1 Å². The number of H-pyrrole nitrogens is 1. The summed E-state index contributed by atoms with van der Waals surface area (Å²) in [5, 5.41) is 1.85. The van der Waals surface area contributed by atoms with Gasteiger partial charge in [-0.25, -0.2) is 0 Å². The average molecular weight is 463 g/mol. The number of hydrogen-bond acceptors (Lipinski definition) is 3. The lowest BCUT2D eigenvalue weighted by Gasteiger charge is -2.39. The van der Waals surface area contributed by atoms with E-state index in [-0.39, 0.29) is 11.9 Å². The van der Waals surface area contributed by atoms with Crippen molar-refractivity contribution in [2.24, 2.45) is 0 Å². The summed E-state index contributed by atoms with van der Waals surface area (Å²) in [6.07, 6.45) is 5.94. The van der Waals surface area contributed by atoms with Crippen molar-refractivity contribution >= 4 is 28.4 Å². The van der Waals surface area contributed by atoms with Crippen molar-refractivity contribution in [2.45, 2.75) is 38.3 Å². The molecule has 0 saturated carbocycles. The largest absolute Gasteiger partial charge is 0.501 e. The van der Waals surface area contributed by atoms with Crippen molar-refractivity contribution in [1.82, 2.24) is 9.88 Å². The number of amides is 1. The molecule has 5 nitrogen and oxygen atoms in total. The molecule has 2 unspecified atom stereocenters. The van der Waals surface area contributed by atoms with Crippen molar-refractivity contribution in [3.63, 3.8) is 0 Å². The number of ether oxygens (including phenoxy) is 2.